The molecule has 3 heteroatoms. The Hall–Kier alpha value is -1.06. The second-order valence-corrected chi connectivity index (χ2v) is 5.48. The lowest BCUT2D eigenvalue weighted by Gasteiger charge is -2.43. The summed E-state index contributed by atoms with van der Waals surface area (Å²) in [6.45, 7) is 5.01. The molecule has 0 saturated heterocycles. The van der Waals surface area contributed by atoms with Crippen molar-refractivity contribution in [2.24, 2.45) is 0 Å². The summed E-state index contributed by atoms with van der Waals surface area (Å²) in [4.78, 5) is 0. The maximum atomic E-state index is 5.65. The molecule has 3 atom stereocenters. The molecule has 1 aromatic carbocycles. The molecule has 1 saturated carbocycles. The Bertz CT molecular complexity index is 390. The molecule has 0 heterocycles. The molecule has 0 radical (unpaired) electrons. The first kappa shape index (κ1) is 15.3. The van der Waals surface area contributed by atoms with Crippen molar-refractivity contribution >= 4 is 5.69 Å². The molecule has 112 valence electrons. The summed E-state index contributed by atoms with van der Waals surface area (Å²) in [5.41, 5.74) is 2.59. The fourth-order valence-corrected chi connectivity index (χ4v) is 2.78. The van der Waals surface area contributed by atoms with Crippen molar-refractivity contribution in [2.45, 2.75) is 57.8 Å². The maximum absolute atomic E-state index is 5.65. The number of anilines is 1. The van der Waals surface area contributed by atoms with Crippen molar-refractivity contribution in [1.82, 2.24) is 0 Å². The van der Waals surface area contributed by atoms with Crippen LogP contribution in [0.1, 0.15) is 38.7 Å². The van der Waals surface area contributed by atoms with Crippen LogP contribution in [0.3, 0.4) is 0 Å². The predicted molar refractivity (Wildman–Crippen MR) is 83.3 cm³/mol. The van der Waals surface area contributed by atoms with E-state index in [-0.39, 0.29) is 12.2 Å². The van der Waals surface area contributed by atoms with Gasteiger partial charge in [-0.05, 0) is 43.9 Å². The molecule has 2 rings (SSSR count). The van der Waals surface area contributed by atoms with Crippen molar-refractivity contribution in [3.63, 3.8) is 0 Å². The number of benzene rings is 1. The van der Waals surface area contributed by atoms with Gasteiger partial charge in [-0.1, -0.05) is 25.5 Å². The Morgan fingerprint density at radius 1 is 1.20 bits per heavy atom. The molecule has 3 nitrogen and oxygen atoms in total. The second-order valence-electron chi connectivity index (χ2n) is 5.48. The van der Waals surface area contributed by atoms with E-state index in [4.69, 9.17) is 9.47 Å². The summed E-state index contributed by atoms with van der Waals surface area (Å²) in [5, 5.41) is 3.55. The number of aryl methyl sites for hydroxylation is 1. The molecule has 1 aliphatic carbocycles. The molecular weight excluding hydrogens is 250 g/mol. The van der Waals surface area contributed by atoms with Crippen LogP contribution in [0.5, 0.6) is 0 Å². The second kappa shape index (κ2) is 7.65. The molecule has 0 spiro atoms. The Labute approximate surface area is 122 Å². The molecule has 0 aliphatic heterocycles. The van der Waals surface area contributed by atoms with Gasteiger partial charge in [-0.3, -0.25) is 0 Å². The van der Waals surface area contributed by atoms with E-state index in [1.807, 2.05) is 6.92 Å². The number of hydrogen-bond donors (Lipinski definition) is 1. The van der Waals surface area contributed by atoms with Crippen molar-refractivity contribution < 1.29 is 9.47 Å². The van der Waals surface area contributed by atoms with Gasteiger partial charge in [-0.15, -0.1) is 0 Å². The van der Waals surface area contributed by atoms with Crippen molar-refractivity contribution in [2.75, 3.05) is 19.0 Å². The van der Waals surface area contributed by atoms with E-state index in [1.54, 1.807) is 7.11 Å². The van der Waals surface area contributed by atoms with Crippen LogP contribution in [0, 0.1) is 0 Å². The van der Waals surface area contributed by atoms with Crippen LogP contribution in [0.25, 0.3) is 0 Å². The lowest BCUT2D eigenvalue weighted by atomic mass is 9.85. The smallest absolute Gasteiger partial charge is 0.103 e. The summed E-state index contributed by atoms with van der Waals surface area (Å²) in [6, 6.07) is 9.15. The first-order valence-corrected chi connectivity index (χ1v) is 7.78. The molecule has 0 bridgehead atoms. The highest BCUT2D eigenvalue weighted by Crippen LogP contribution is 2.29. The molecule has 1 fully saturated rings. The zero-order chi connectivity index (χ0) is 14.4. The van der Waals surface area contributed by atoms with Crippen LogP contribution in [-0.4, -0.2) is 32.0 Å². The van der Waals surface area contributed by atoms with Crippen molar-refractivity contribution in [1.29, 1.82) is 0 Å². The van der Waals surface area contributed by atoms with Crippen LogP contribution in [-0.2, 0) is 15.9 Å². The lowest BCUT2D eigenvalue weighted by Crippen LogP contribution is -2.56. The third-order valence-corrected chi connectivity index (χ3v) is 4.03. The van der Waals surface area contributed by atoms with Crippen LogP contribution >= 0.6 is 0 Å². The molecule has 1 N–H and O–H groups in total. The highest BCUT2D eigenvalue weighted by atomic mass is 16.5. The predicted octanol–water partition coefficient (Wildman–Crippen LogP) is 3.63. The molecular formula is C17H27NO2. The summed E-state index contributed by atoms with van der Waals surface area (Å²) >= 11 is 0. The van der Waals surface area contributed by atoms with Crippen molar-refractivity contribution in [3.8, 4) is 0 Å². The standard InChI is InChI=1S/C17H27NO2/c1-4-6-7-13-8-10-14(11-9-13)18-15-12-16(20-5-2)17(15)19-3/h8-11,15-18H,4-7,12H2,1-3H3. The highest BCUT2D eigenvalue weighted by Gasteiger charge is 2.42. The van der Waals surface area contributed by atoms with Gasteiger partial charge in [0.1, 0.15) is 6.10 Å². The molecule has 1 aromatic rings. The van der Waals surface area contributed by atoms with Gasteiger partial charge in [-0.25, -0.2) is 0 Å². The zero-order valence-electron chi connectivity index (χ0n) is 12.9. The molecule has 0 aromatic heterocycles. The van der Waals surface area contributed by atoms with Gasteiger partial charge >= 0.3 is 0 Å². The largest absolute Gasteiger partial charge is 0.379 e. The first-order valence-electron chi connectivity index (χ1n) is 7.78. The average molecular weight is 277 g/mol. The Balaban J connectivity index is 1.84. The van der Waals surface area contributed by atoms with Crippen LogP contribution < -0.4 is 5.32 Å². The minimum Gasteiger partial charge on any atom is -0.379 e. The molecule has 1 aliphatic rings. The van der Waals surface area contributed by atoms with Gasteiger partial charge in [0, 0.05) is 19.4 Å². The van der Waals surface area contributed by atoms with Gasteiger partial charge in [-0.2, -0.15) is 0 Å². The third kappa shape index (κ3) is 3.74. The number of rotatable bonds is 8. The van der Waals surface area contributed by atoms with E-state index in [0.717, 1.165) is 13.0 Å². The Kier molecular flexibility index (Phi) is 5.86. The molecule has 20 heavy (non-hydrogen) atoms. The Morgan fingerprint density at radius 2 is 1.95 bits per heavy atom. The van der Waals surface area contributed by atoms with Crippen LogP contribution in [0.15, 0.2) is 24.3 Å². The fraction of sp³-hybridized carbons (Fsp3) is 0.647. The number of unbranched alkanes of at least 4 members (excludes halogenated alkanes) is 1. The zero-order valence-corrected chi connectivity index (χ0v) is 12.9. The lowest BCUT2D eigenvalue weighted by molar-refractivity contribution is -0.118. The van der Waals surface area contributed by atoms with Gasteiger partial charge in [0.15, 0.2) is 0 Å². The normalized spacial score (nSPS) is 25.2. The molecule has 0 amide bonds. The SMILES string of the molecule is CCCCc1ccc(NC2CC(OCC)C2OC)cc1. The number of ether oxygens (including phenoxy) is 2. The quantitative estimate of drug-likeness (QED) is 0.787. The molecule has 3 unspecified atom stereocenters. The number of hydrogen-bond acceptors (Lipinski definition) is 3. The van der Waals surface area contributed by atoms with E-state index >= 15 is 0 Å². The average Bonchev–Trinajstić information content (AvgIpc) is 2.45. The summed E-state index contributed by atoms with van der Waals surface area (Å²) in [7, 11) is 1.76. The van der Waals surface area contributed by atoms with Gasteiger partial charge in [0.2, 0.25) is 0 Å². The fourth-order valence-electron chi connectivity index (χ4n) is 2.78. The summed E-state index contributed by atoms with van der Waals surface area (Å²) < 4.78 is 11.2. The highest BCUT2D eigenvalue weighted by molar-refractivity contribution is 5.46. The van der Waals surface area contributed by atoms with Crippen LogP contribution in [0.4, 0.5) is 5.69 Å². The minimum atomic E-state index is 0.162. The Morgan fingerprint density at radius 3 is 2.55 bits per heavy atom. The maximum Gasteiger partial charge on any atom is 0.103 e. The van der Waals surface area contributed by atoms with Crippen LogP contribution in [0.2, 0.25) is 0 Å². The van der Waals surface area contributed by atoms with E-state index in [9.17, 15) is 0 Å². The van der Waals surface area contributed by atoms with E-state index in [2.05, 4.69) is 36.5 Å². The van der Waals surface area contributed by atoms with Crippen molar-refractivity contribution in [3.05, 3.63) is 29.8 Å². The minimum absolute atomic E-state index is 0.162. The summed E-state index contributed by atoms with van der Waals surface area (Å²) in [6.07, 6.45) is 5.10. The van der Waals surface area contributed by atoms with Gasteiger partial charge in [0.25, 0.3) is 0 Å². The van der Waals surface area contributed by atoms with Gasteiger partial charge < -0.3 is 14.8 Å². The summed E-state index contributed by atoms with van der Waals surface area (Å²) in [5.74, 6) is 0. The van der Waals surface area contributed by atoms with E-state index in [1.165, 1.54) is 30.5 Å². The third-order valence-electron chi connectivity index (χ3n) is 4.03. The monoisotopic (exact) mass is 277 g/mol. The van der Waals surface area contributed by atoms with E-state index in [0.29, 0.717) is 6.04 Å². The van der Waals surface area contributed by atoms with E-state index < -0.39 is 0 Å². The topological polar surface area (TPSA) is 30.5 Å². The number of methoxy groups -OCH3 is 1. The first-order chi connectivity index (χ1) is 9.78. The number of nitrogens with one attached hydrogen (secondary N) is 1. The van der Waals surface area contributed by atoms with Gasteiger partial charge in [0.05, 0.1) is 12.1 Å².